The van der Waals surface area contributed by atoms with Crippen LogP contribution in [-0.2, 0) is 6.54 Å². The number of hydrogen-bond donors (Lipinski definition) is 1. The Kier molecular flexibility index (Phi) is 5.30. The molecule has 0 bridgehead atoms. The molecule has 0 heterocycles. The lowest BCUT2D eigenvalue weighted by Crippen LogP contribution is -2.12. The van der Waals surface area contributed by atoms with Gasteiger partial charge >= 0.3 is 0 Å². The average Bonchev–Trinajstić information content (AvgIpc) is 2.43. The van der Waals surface area contributed by atoms with Crippen molar-refractivity contribution in [3.8, 4) is 11.5 Å². The molecular weight excluding hydrogens is 293 g/mol. The first-order valence-corrected chi connectivity index (χ1v) is 7.29. The highest BCUT2D eigenvalue weighted by Crippen LogP contribution is 2.34. The zero-order valence-electron chi connectivity index (χ0n) is 11.5. The van der Waals surface area contributed by atoms with Crippen LogP contribution in [0.25, 0.3) is 0 Å². The minimum atomic E-state index is 0.434. The molecule has 2 aromatic rings. The molecule has 0 aliphatic carbocycles. The molecule has 4 heteroatoms. The van der Waals surface area contributed by atoms with Crippen LogP contribution in [0.1, 0.15) is 18.1 Å². The van der Waals surface area contributed by atoms with E-state index >= 15 is 0 Å². The summed E-state index contributed by atoms with van der Waals surface area (Å²) in [5, 5.41) is 4.24. The Balaban J connectivity index is 2.18. The van der Waals surface area contributed by atoms with Gasteiger partial charge in [0.1, 0.15) is 16.5 Å². The van der Waals surface area contributed by atoms with Gasteiger partial charge in [-0.3, -0.25) is 0 Å². The third-order valence-corrected chi connectivity index (χ3v) is 3.83. The molecule has 0 radical (unpaired) electrons. The van der Waals surface area contributed by atoms with E-state index in [0.29, 0.717) is 15.8 Å². The first kappa shape index (κ1) is 15.2. The van der Waals surface area contributed by atoms with Gasteiger partial charge in [-0.05, 0) is 48.9 Å². The Bertz CT molecular complexity index is 599. The summed E-state index contributed by atoms with van der Waals surface area (Å²) < 4.78 is 5.79. The molecule has 106 valence electrons. The first-order chi connectivity index (χ1) is 9.61. The fourth-order valence-corrected chi connectivity index (χ4v) is 2.21. The normalized spacial score (nSPS) is 10.6. The van der Waals surface area contributed by atoms with E-state index in [2.05, 4.69) is 25.2 Å². The predicted molar refractivity (Wildman–Crippen MR) is 85.1 cm³/mol. The Labute approximate surface area is 129 Å². The Morgan fingerprint density at radius 3 is 2.65 bits per heavy atom. The monoisotopic (exact) mass is 309 g/mol. The van der Waals surface area contributed by atoms with Gasteiger partial charge in [-0.15, -0.1) is 0 Å². The highest BCUT2D eigenvalue weighted by molar-refractivity contribution is 6.42. The number of halogens is 2. The van der Waals surface area contributed by atoms with Crippen LogP contribution in [0.4, 0.5) is 0 Å². The van der Waals surface area contributed by atoms with Gasteiger partial charge in [0.05, 0.1) is 5.02 Å². The van der Waals surface area contributed by atoms with Crippen molar-refractivity contribution in [2.24, 2.45) is 0 Å². The van der Waals surface area contributed by atoms with Gasteiger partial charge in [0.25, 0.3) is 0 Å². The fraction of sp³-hybridized carbons (Fsp3) is 0.250. The van der Waals surface area contributed by atoms with Crippen LogP contribution in [0.3, 0.4) is 0 Å². The molecular formula is C16H17Cl2NO. The van der Waals surface area contributed by atoms with Crippen molar-refractivity contribution in [1.29, 1.82) is 0 Å². The van der Waals surface area contributed by atoms with Crippen molar-refractivity contribution < 1.29 is 4.74 Å². The third kappa shape index (κ3) is 3.66. The van der Waals surface area contributed by atoms with E-state index in [-0.39, 0.29) is 0 Å². The second-order valence-corrected chi connectivity index (χ2v) is 5.31. The Morgan fingerprint density at radius 2 is 1.95 bits per heavy atom. The molecule has 2 rings (SSSR count). The molecule has 0 atom stereocenters. The molecule has 20 heavy (non-hydrogen) atoms. The Morgan fingerprint density at radius 1 is 1.15 bits per heavy atom. The highest BCUT2D eigenvalue weighted by atomic mass is 35.5. The smallest absolute Gasteiger partial charge is 0.147 e. The summed E-state index contributed by atoms with van der Waals surface area (Å²) in [6.07, 6.45) is 0. The molecule has 1 N–H and O–H groups in total. The molecule has 0 saturated heterocycles. The Hall–Kier alpha value is -1.22. The quantitative estimate of drug-likeness (QED) is 0.819. The lowest BCUT2D eigenvalue weighted by Gasteiger charge is -2.11. The van der Waals surface area contributed by atoms with Gasteiger partial charge in [0, 0.05) is 6.54 Å². The maximum atomic E-state index is 6.12. The van der Waals surface area contributed by atoms with E-state index in [1.165, 1.54) is 11.1 Å². The van der Waals surface area contributed by atoms with E-state index in [4.69, 9.17) is 27.9 Å². The SMILES string of the molecule is CCNCc1ccc(Oc2cccc(Cl)c2Cl)cc1C. The van der Waals surface area contributed by atoms with Gasteiger partial charge in [0.2, 0.25) is 0 Å². The van der Waals surface area contributed by atoms with E-state index in [9.17, 15) is 0 Å². The maximum absolute atomic E-state index is 6.12. The molecule has 0 saturated carbocycles. The zero-order valence-corrected chi connectivity index (χ0v) is 13.1. The van der Waals surface area contributed by atoms with Crippen LogP contribution < -0.4 is 10.1 Å². The molecule has 0 spiro atoms. The van der Waals surface area contributed by atoms with Gasteiger partial charge in [-0.2, -0.15) is 0 Å². The summed E-state index contributed by atoms with van der Waals surface area (Å²) in [7, 11) is 0. The van der Waals surface area contributed by atoms with Crippen LogP contribution in [0.5, 0.6) is 11.5 Å². The lowest BCUT2D eigenvalue weighted by molar-refractivity contribution is 0.482. The molecule has 2 aromatic carbocycles. The van der Waals surface area contributed by atoms with E-state index < -0.39 is 0 Å². The third-order valence-electron chi connectivity index (χ3n) is 3.02. The summed E-state index contributed by atoms with van der Waals surface area (Å²) in [4.78, 5) is 0. The number of rotatable bonds is 5. The highest BCUT2D eigenvalue weighted by Gasteiger charge is 2.07. The number of hydrogen-bond acceptors (Lipinski definition) is 2. The number of benzene rings is 2. The summed E-state index contributed by atoms with van der Waals surface area (Å²) in [5.41, 5.74) is 2.44. The van der Waals surface area contributed by atoms with Gasteiger partial charge in [-0.1, -0.05) is 42.3 Å². The van der Waals surface area contributed by atoms with Crippen molar-refractivity contribution in [2.75, 3.05) is 6.54 Å². The number of ether oxygens (including phenoxy) is 1. The van der Waals surface area contributed by atoms with E-state index in [1.54, 1.807) is 12.1 Å². The second-order valence-electron chi connectivity index (χ2n) is 4.52. The molecule has 0 unspecified atom stereocenters. The molecule has 2 nitrogen and oxygen atoms in total. The predicted octanol–water partition coefficient (Wildman–Crippen LogP) is 5.20. The van der Waals surface area contributed by atoms with Crippen LogP contribution in [-0.4, -0.2) is 6.54 Å². The van der Waals surface area contributed by atoms with Crippen molar-refractivity contribution >= 4 is 23.2 Å². The summed E-state index contributed by atoms with van der Waals surface area (Å²) in [5.74, 6) is 1.32. The standard InChI is InChI=1S/C16H17Cl2NO/c1-3-19-10-12-7-8-13(9-11(12)2)20-15-6-4-5-14(17)16(15)18/h4-9,19H,3,10H2,1-2H3. The van der Waals surface area contributed by atoms with Crippen molar-refractivity contribution in [1.82, 2.24) is 5.32 Å². The van der Waals surface area contributed by atoms with Crippen LogP contribution in [0, 0.1) is 6.92 Å². The summed E-state index contributed by atoms with van der Waals surface area (Å²) >= 11 is 12.1. The van der Waals surface area contributed by atoms with Crippen LogP contribution >= 0.6 is 23.2 Å². The molecule has 0 fully saturated rings. The molecule has 0 aromatic heterocycles. The van der Waals surface area contributed by atoms with Gasteiger partial charge in [0.15, 0.2) is 0 Å². The zero-order chi connectivity index (χ0) is 14.5. The van der Waals surface area contributed by atoms with E-state index in [0.717, 1.165) is 18.8 Å². The van der Waals surface area contributed by atoms with Crippen LogP contribution in [0.15, 0.2) is 36.4 Å². The number of nitrogens with one attached hydrogen (secondary N) is 1. The van der Waals surface area contributed by atoms with Crippen LogP contribution in [0.2, 0.25) is 10.0 Å². The summed E-state index contributed by atoms with van der Waals surface area (Å²) in [6, 6.07) is 11.4. The molecule has 0 aliphatic heterocycles. The second kappa shape index (κ2) is 6.98. The fourth-order valence-electron chi connectivity index (χ4n) is 1.88. The molecule has 0 aliphatic rings. The van der Waals surface area contributed by atoms with Gasteiger partial charge in [-0.25, -0.2) is 0 Å². The van der Waals surface area contributed by atoms with Crippen molar-refractivity contribution in [3.63, 3.8) is 0 Å². The molecule has 0 amide bonds. The van der Waals surface area contributed by atoms with Crippen molar-refractivity contribution in [3.05, 3.63) is 57.6 Å². The summed E-state index contributed by atoms with van der Waals surface area (Å²) in [6.45, 7) is 5.98. The topological polar surface area (TPSA) is 21.3 Å². The van der Waals surface area contributed by atoms with Gasteiger partial charge < -0.3 is 10.1 Å². The lowest BCUT2D eigenvalue weighted by atomic mass is 10.1. The average molecular weight is 310 g/mol. The van der Waals surface area contributed by atoms with E-state index in [1.807, 2.05) is 18.2 Å². The maximum Gasteiger partial charge on any atom is 0.147 e. The largest absolute Gasteiger partial charge is 0.456 e. The number of aryl methyl sites for hydroxylation is 1. The minimum Gasteiger partial charge on any atom is -0.456 e. The van der Waals surface area contributed by atoms with Crippen molar-refractivity contribution in [2.45, 2.75) is 20.4 Å². The first-order valence-electron chi connectivity index (χ1n) is 6.54. The minimum absolute atomic E-state index is 0.434.